The van der Waals surface area contributed by atoms with Gasteiger partial charge in [0.2, 0.25) is 0 Å². The van der Waals surface area contributed by atoms with Crippen LogP contribution in [0.25, 0.3) is 0 Å². The van der Waals surface area contributed by atoms with Crippen molar-refractivity contribution in [1.29, 1.82) is 0 Å². The summed E-state index contributed by atoms with van der Waals surface area (Å²) in [6.45, 7) is 1.84. The van der Waals surface area contributed by atoms with E-state index in [2.05, 4.69) is 10.6 Å². The van der Waals surface area contributed by atoms with Crippen molar-refractivity contribution in [3.8, 4) is 0 Å². The summed E-state index contributed by atoms with van der Waals surface area (Å²) < 4.78 is 5.51. The molecule has 2 aliphatic rings. The lowest BCUT2D eigenvalue weighted by Crippen LogP contribution is -2.57. The van der Waals surface area contributed by atoms with Gasteiger partial charge in [0.15, 0.2) is 5.11 Å². The predicted molar refractivity (Wildman–Crippen MR) is 46.2 cm³/mol. The zero-order valence-corrected chi connectivity index (χ0v) is 7.12. The molecular weight excluding hydrogens is 160 g/mol. The molecule has 4 heteroatoms. The predicted octanol–water partition coefficient (Wildman–Crippen LogP) is 0.217. The highest BCUT2D eigenvalue weighted by atomic mass is 32.1. The molecule has 2 fully saturated rings. The SMILES string of the molecule is S=C1NCC2CCCOC2N1. The van der Waals surface area contributed by atoms with Crippen LogP contribution >= 0.6 is 12.2 Å². The summed E-state index contributed by atoms with van der Waals surface area (Å²) in [5.74, 6) is 0.607. The van der Waals surface area contributed by atoms with E-state index in [1.54, 1.807) is 0 Å². The lowest BCUT2D eigenvalue weighted by atomic mass is 9.98. The molecule has 0 aromatic carbocycles. The fourth-order valence-corrected chi connectivity index (χ4v) is 1.82. The van der Waals surface area contributed by atoms with E-state index >= 15 is 0 Å². The Hall–Kier alpha value is -0.350. The standard InChI is InChI=1S/C7H12N2OS/c11-7-8-4-5-2-1-3-10-6(5)9-7/h5-6H,1-4H2,(H2,8,9,11). The van der Waals surface area contributed by atoms with Crippen molar-refractivity contribution in [3.05, 3.63) is 0 Å². The van der Waals surface area contributed by atoms with Crippen molar-refractivity contribution in [3.63, 3.8) is 0 Å². The van der Waals surface area contributed by atoms with E-state index < -0.39 is 0 Å². The highest BCUT2D eigenvalue weighted by molar-refractivity contribution is 7.80. The van der Waals surface area contributed by atoms with Crippen LogP contribution in [0.3, 0.4) is 0 Å². The van der Waals surface area contributed by atoms with Crippen LogP contribution < -0.4 is 10.6 Å². The van der Waals surface area contributed by atoms with Gasteiger partial charge in [0.05, 0.1) is 0 Å². The van der Waals surface area contributed by atoms with Crippen LogP contribution in [-0.4, -0.2) is 24.5 Å². The van der Waals surface area contributed by atoms with Gasteiger partial charge in [-0.2, -0.15) is 0 Å². The molecule has 2 saturated heterocycles. The lowest BCUT2D eigenvalue weighted by Gasteiger charge is -2.37. The molecule has 11 heavy (non-hydrogen) atoms. The Bertz CT molecular complexity index is 174. The number of rotatable bonds is 0. The number of hydrogen-bond donors (Lipinski definition) is 2. The maximum atomic E-state index is 5.51. The largest absolute Gasteiger partial charge is 0.362 e. The van der Waals surface area contributed by atoms with Gasteiger partial charge in [-0.3, -0.25) is 0 Å². The van der Waals surface area contributed by atoms with Gasteiger partial charge in [-0.25, -0.2) is 0 Å². The zero-order valence-electron chi connectivity index (χ0n) is 6.30. The van der Waals surface area contributed by atoms with Gasteiger partial charge >= 0.3 is 0 Å². The van der Waals surface area contributed by atoms with Crippen LogP contribution in [-0.2, 0) is 4.74 Å². The molecule has 2 N–H and O–H groups in total. The zero-order chi connectivity index (χ0) is 7.68. The van der Waals surface area contributed by atoms with Gasteiger partial charge in [0.25, 0.3) is 0 Å². The Morgan fingerprint density at radius 3 is 3.36 bits per heavy atom. The summed E-state index contributed by atoms with van der Waals surface area (Å²) in [6.07, 6.45) is 2.60. The second-order valence-electron chi connectivity index (χ2n) is 3.05. The first kappa shape index (κ1) is 7.31. The molecule has 0 aliphatic carbocycles. The summed E-state index contributed by atoms with van der Waals surface area (Å²) in [6, 6.07) is 0. The molecule has 0 aromatic heterocycles. The average Bonchev–Trinajstić information content (AvgIpc) is 2.04. The Kier molecular flexibility index (Phi) is 1.96. The third kappa shape index (κ3) is 1.46. The molecular formula is C7H12N2OS. The van der Waals surface area contributed by atoms with Gasteiger partial charge in [0, 0.05) is 19.1 Å². The monoisotopic (exact) mass is 172 g/mol. The molecule has 0 amide bonds. The van der Waals surface area contributed by atoms with Crippen LogP contribution in [0.4, 0.5) is 0 Å². The summed E-state index contributed by atoms with van der Waals surface area (Å²) in [5, 5.41) is 6.97. The minimum absolute atomic E-state index is 0.178. The van der Waals surface area contributed by atoms with Crippen molar-refractivity contribution in [1.82, 2.24) is 10.6 Å². The molecule has 0 spiro atoms. The van der Waals surface area contributed by atoms with E-state index in [0.29, 0.717) is 5.92 Å². The topological polar surface area (TPSA) is 33.3 Å². The van der Waals surface area contributed by atoms with Gasteiger partial charge in [0.1, 0.15) is 6.23 Å². The van der Waals surface area contributed by atoms with Gasteiger partial charge in [-0.05, 0) is 25.1 Å². The van der Waals surface area contributed by atoms with E-state index in [9.17, 15) is 0 Å². The molecule has 0 saturated carbocycles. The van der Waals surface area contributed by atoms with Crippen molar-refractivity contribution < 1.29 is 4.74 Å². The van der Waals surface area contributed by atoms with Crippen LogP contribution in [0.2, 0.25) is 0 Å². The molecule has 2 heterocycles. The van der Waals surface area contributed by atoms with Crippen molar-refractivity contribution in [2.45, 2.75) is 19.1 Å². The fraction of sp³-hybridized carbons (Fsp3) is 0.857. The summed E-state index contributed by atoms with van der Waals surface area (Å²) >= 11 is 4.97. The molecule has 2 atom stereocenters. The van der Waals surface area contributed by atoms with Gasteiger partial charge in [-0.1, -0.05) is 0 Å². The molecule has 0 bridgehead atoms. The third-order valence-corrected chi connectivity index (χ3v) is 2.51. The number of thiocarbonyl (C=S) groups is 1. The maximum Gasteiger partial charge on any atom is 0.168 e. The van der Waals surface area contributed by atoms with Crippen LogP contribution in [0.5, 0.6) is 0 Å². The highest BCUT2D eigenvalue weighted by Crippen LogP contribution is 2.19. The Labute approximate surface area is 71.5 Å². The van der Waals surface area contributed by atoms with E-state index in [1.165, 1.54) is 12.8 Å². The van der Waals surface area contributed by atoms with Crippen molar-refractivity contribution in [2.75, 3.05) is 13.2 Å². The number of nitrogens with one attached hydrogen (secondary N) is 2. The second-order valence-corrected chi connectivity index (χ2v) is 3.46. The molecule has 0 aromatic rings. The quantitative estimate of drug-likeness (QED) is 0.512. The van der Waals surface area contributed by atoms with Crippen LogP contribution in [0, 0.1) is 5.92 Å². The number of hydrogen-bond acceptors (Lipinski definition) is 2. The van der Waals surface area contributed by atoms with Gasteiger partial charge in [-0.15, -0.1) is 0 Å². The number of fused-ring (bicyclic) bond motifs is 1. The van der Waals surface area contributed by atoms with E-state index in [4.69, 9.17) is 17.0 Å². The summed E-state index contributed by atoms with van der Waals surface area (Å²) in [5.41, 5.74) is 0. The second kappa shape index (κ2) is 2.95. The Morgan fingerprint density at radius 2 is 2.45 bits per heavy atom. The first-order chi connectivity index (χ1) is 5.36. The molecule has 2 aliphatic heterocycles. The maximum absolute atomic E-state index is 5.51. The molecule has 0 radical (unpaired) electrons. The van der Waals surface area contributed by atoms with E-state index in [1.807, 2.05) is 0 Å². The molecule has 3 nitrogen and oxygen atoms in total. The number of ether oxygens (including phenoxy) is 1. The van der Waals surface area contributed by atoms with Crippen molar-refractivity contribution >= 4 is 17.3 Å². The van der Waals surface area contributed by atoms with Gasteiger partial charge < -0.3 is 15.4 Å². The normalized spacial score (nSPS) is 36.9. The minimum atomic E-state index is 0.178. The average molecular weight is 172 g/mol. The Morgan fingerprint density at radius 1 is 1.55 bits per heavy atom. The smallest absolute Gasteiger partial charge is 0.168 e. The first-order valence-corrected chi connectivity index (χ1v) is 4.43. The third-order valence-electron chi connectivity index (χ3n) is 2.24. The molecule has 2 rings (SSSR count). The summed E-state index contributed by atoms with van der Waals surface area (Å²) in [4.78, 5) is 0. The Balaban J connectivity index is 1.98. The van der Waals surface area contributed by atoms with Crippen LogP contribution in [0.15, 0.2) is 0 Å². The first-order valence-electron chi connectivity index (χ1n) is 4.02. The minimum Gasteiger partial charge on any atom is -0.362 e. The summed E-state index contributed by atoms with van der Waals surface area (Å²) in [7, 11) is 0. The highest BCUT2D eigenvalue weighted by Gasteiger charge is 2.29. The van der Waals surface area contributed by atoms with Crippen LogP contribution in [0.1, 0.15) is 12.8 Å². The van der Waals surface area contributed by atoms with E-state index in [0.717, 1.165) is 18.3 Å². The fourth-order valence-electron chi connectivity index (χ4n) is 1.62. The molecule has 2 unspecified atom stereocenters. The van der Waals surface area contributed by atoms with E-state index in [-0.39, 0.29) is 6.23 Å². The lowest BCUT2D eigenvalue weighted by molar-refractivity contribution is -0.0393. The molecule has 62 valence electrons. The van der Waals surface area contributed by atoms with Crippen molar-refractivity contribution in [2.24, 2.45) is 5.92 Å².